The maximum absolute atomic E-state index is 6.55. The monoisotopic (exact) mass is 558 g/mol. The van der Waals surface area contributed by atoms with Crippen LogP contribution in [0.15, 0.2) is 130 Å². The predicted molar refractivity (Wildman–Crippen MR) is 173 cm³/mol. The summed E-state index contributed by atoms with van der Waals surface area (Å²) in [7, 11) is 0. The van der Waals surface area contributed by atoms with Crippen LogP contribution in [0.5, 0.6) is 11.5 Å². The van der Waals surface area contributed by atoms with E-state index in [0.717, 1.165) is 88.8 Å². The smallest absolute Gasteiger partial charge is 0.245 e. The van der Waals surface area contributed by atoms with Gasteiger partial charge < -0.3 is 18.3 Å². The van der Waals surface area contributed by atoms with Crippen LogP contribution >= 0.6 is 0 Å². The Morgan fingerprint density at radius 3 is 1.98 bits per heavy atom. The normalized spacial score (nSPS) is 13.9. The van der Waals surface area contributed by atoms with Crippen molar-refractivity contribution in [1.82, 2.24) is 0 Å². The lowest BCUT2D eigenvalue weighted by atomic mass is 9.93. The zero-order chi connectivity index (χ0) is 28.7. The molecular weight excluding hydrogens is 532 g/mol. The van der Waals surface area contributed by atoms with Gasteiger partial charge in [0.1, 0.15) is 33.8 Å². The van der Waals surface area contributed by atoms with Gasteiger partial charge in [0.15, 0.2) is 0 Å². The Bertz CT molecular complexity index is 2390. The molecule has 0 radical (unpaired) electrons. The average molecular weight is 559 g/mol. The number of furan rings is 2. The van der Waals surface area contributed by atoms with Gasteiger partial charge in [0, 0.05) is 52.1 Å². The van der Waals surface area contributed by atoms with Crippen LogP contribution in [0.4, 0.5) is 0 Å². The summed E-state index contributed by atoms with van der Waals surface area (Å²) in [5, 5.41) is 4.43. The molecule has 0 N–H and O–H groups in total. The minimum Gasteiger partial charge on any atom is -0.456 e. The van der Waals surface area contributed by atoms with Crippen molar-refractivity contribution in [2.24, 2.45) is 0 Å². The van der Waals surface area contributed by atoms with E-state index in [0.29, 0.717) is 0 Å². The number of ether oxygens (including phenoxy) is 2. The number of hydrogen-bond donors (Lipinski definition) is 0. The van der Waals surface area contributed by atoms with Crippen molar-refractivity contribution in [1.29, 1.82) is 0 Å². The van der Waals surface area contributed by atoms with E-state index >= 15 is 0 Å². The Morgan fingerprint density at radius 1 is 0.442 bits per heavy atom. The number of para-hydroxylation sites is 3. The quantitative estimate of drug-likeness (QED) is 0.212. The minimum atomic E-state index is -0.869. The molecular formula is C39H26O4. The average Bonchev–Trinajstić information content (AvgIpc) is 3.56. The fourth-order valence-corrected chi connectivity index (χ4v) is 6.53. The molecule has 2 aromatic heterocycles. The zero-order valence-electron chi connectivity index (χ0n) is 23.7. The highest BCUT2D eigenvalue weighted by molar-refractivity contribution is 6.13. The van der Waals surface area contributed by atoms with Gasteiger partial charge in [-0.05, 0) is 59.2 Å². The highest BCUT2D eigenvalue weighted by Gasteiger charge is 2.30. The zero-order valence-corrected chi connectivity index (χ0v) is 23.7. The lowest BCUT2D eigenvalue weighted by molar-refractivity contribution is -0.0778. The van der Waals surface area contributed by atoms with Crippen LogP contribution < -0.4 is 9.47 Å². The third-order valence-corrected chi connectivity index (χ3v) is 8.39. The molecule has 0 saturated carbocycles. The van der Waals surface area contributed by atoms with Crippen molar-refractivity contribution in [3.63, 3.8) is 0 Å². The summed E-state index contributed by atoms with van der Waals surface area (Å²) in [5.41, 5.74) is 9.72. The second kappa shape index (κ2) is 8.76. The largest absolute Gasteiger partial charge is 0.456 e. The van der Waals surface area contributed by atoms with Gasteiger partial charge in [0.05, 0.1) is 0 Å². The third kappa shape index (κ3) is 3.70. The molecule has 0 bridgehead atoms. The van der Waals surface area contributed by atoms with Gasteiger partial charge in [-0.2, -0.15) is 0 Å². The summed E-state index contributed by atoms with van der Waals surface area (Å²) >= 11 is 0. The van der Waals surface area contributed by atoms with Crippen molar-refractivity contribution < 1.29 is 18.3 Å². The van der Waals surface area contributed by atoms with Gasteiger partial charge in [-0.3, -0.25) is 0 Å². The maximum Gasteiger partial charge on any atom is 0.245 e. The summed E-state index contributed by atoms with van der Waals surface area (Å²) in [6, 6.07) is 41.6. The second-order valence-electron chi connectivity index (χ2n) is 11.6. The van der Waals surface area contributed by atoms with E-state index in [1.54, 1.807) is 0 Å². The van der Waals surface area contributed by atoms with Crippen LogP contribution in [0.2, 0.25) is 0 Å². The number of fused-ring (bicyclic) bond motifs is 9. The summed E-state index contributed by atoms with van der Waals surface area (Å²) in [6.07, 6.45) is 0. The fourth-order valence-electron chi connectivity index (χ4n) is 6.53. The van der Waals surface area contributed by atoms with E-state index in [1.165, 1.54) is 0 Å². The SMILES string of the molecule is CC1(C)Oc2cc(-c3cccc4c3oc3ccccc34)ccc2-c2cc(-c3cccc4oc5ccccc5c34)ccc2O1. The Hall–Kier alpha value is -5.48. The Kier molecular flexibility index (Phi) is 4.92. The molecule has 0 saturated heterocycles. The molecule has 43 heavy (non-hydrogen) atoms. The molecule has 0 unspecified atom stereocenters. The van der Waals surface area contributed by atoms with Gasteiger partial charge >= 0.3 is 0 Å². The summed E-state index contributed by atoms with van der Waals surface area (Å²) in [6.45, 7) is 3.90. The van der Waals surface area contributed by atoms with Crippen LogP contribution in [0, 0.1) is 0 Å². The van der Waals surface area contributed by atoms with Gasteiger partial charge in [0.25, 0.3) is 0 Å². The molecule has 0 fully saturated rings. The molecule has 6 aromatic carbocycles. The van der Waals surface area contributed by atoms with E-state index in [4.69, 9.17) is 18.3 Å². The minimum absolute atomic E-state index is 0.762. The Labute approximate surface area is 247 Å². The maximum atomic E-state index is 6.55. The Balaban J connectivity index is 1.23. The van der Waals surface area contributed by atoms with E-state index in [2.05, 4.69) is 78.9 Å². The summed E-state index contributed by atoms with van der Waals surface area (Å²) in [5.74, 6) is 0.675. The first-order valence-corrected chi connectivity index (χ1v) is 14.5. The van der Waals surface area contributed by atoms with Gasteiger partial charge in [-0.1, -0.05) is 78.9 Å². The van der Waals surface area contributed by atoms with Crippen LogP contribution in [-0.4, -0.2) is 5.79 Å². The van der Waals surface area contributed by atoms with Gasteiger partial charge in [0.2, 0.25) is 5.79 Å². The molecule has 1 aliphatic rings. The molecule has 1 aliphatic heterocycles. The topological polar surface area (TPSA) is 44.7 Å². The van der Waals surface area contributed by atoms with Crippen LogP contribution in [-0.2, 0) is 0 Å². The standard InChI is InChI=1S/C39H26O4/c1-39(2)42-34-20-18-23(25-11-8-16-35-37(25)30-10-4-6-15-33(30)40-35)21-31(34)28-19-17-24(22-36(28)43-39)26-12-7-13-29-27-9-3-5-14-32(27)41-38(26)29/h3-22H,1-2H3. The second-order valence-corrected chi connectivity index (χ2v) is 11.6. The first kappa shape index (κ1) is 24.2. The van der Waals surface area contributed by atoms with Crippen LogP contribution in [0.1, 0.15) is 13.8 Å². The third-order valence-electron chi connectivity index (χ3n) is 8.39. The van der Waals surface area contributed by atoms with Crippen molar-refractivity contribution in [2.45, 2.75) is 19.6 Å². The lowest BCUT2D eigenvalue weighted by Gasteiger charge is -2.25. The van der Waals surface area contributed by atoms with Crippen LogP contribution in [0.25, 0.3) is 77.3 Å². The number of hydrogen-bond acceptors (Lipinski definition) is 4. The highest BCUT2D eigenvalue weighted by atomic mass is 16.7. The molecule has 0 atom stereocenters. The molecule has 3 heterocycles. The van der Waals surface area contributed by atoms with Crippen LogP contribution in [0.3, 0.4) is 0 Å². The Morgan fingerprint density at radius 2 is 1.09 bits per heavy atom. The summed E-state index contributed by atoms with van der Waals surface area (Å²) < 4.78 is 25.5. The van der Waals surface area contributed by atoms with E-state index in [-0.39, 0.29) is 0 Å². The van der Waals surface area contributed by atoms with Crippen molar-refractivity contribution >= 4 is 43.9 Å². The molecule has 0 amide bonds. The fraction of sp³-hybridized carbons (Fsp3) is 0.0769. The van der Waals surface area contributed by atoms with Gasteiger partial charge in [-0.25, -0.2) is 0 Å². The molecule has 9 rings (SSSR count). The molecule has 0 spiro atoms. The van der Waals surface area contributed by atoms with E-state index < -0.39 is 5.79 Å². The highest BCUT2D eigenvalue weighted by Crippen LogP contribution is 2.47. The van der Waals surface area contributed by atoms with E-state index in [9.17, 15) is 0 Å². The molecule has 8 aromatic rings. The van der Waals surface area contributed by atoms with E-state index in [1.807, 2.05) is 56.3 Å². The molecule has 0 aliphatic carbocycles. The first-order valence-electron chi connectivity index (χ1n) is 14.5. The number of benzene rings is 6. The van der Waals surface area contributed by atoms with Crippen molar-refractivity contribution in [3.05, 3.63) is 121 Å². The molecule has 4 heteroatoms. The van der Waals surface area contributed by atoms with Crippen molar-refractivity contribution in [2.75, 3.05) is 0 Å². The molecule has 206 valence electrons. The molecule has 4 nitrogen and oxygen atoms in total. The number of rotatable bonds is 2. The van der Waals surface area contributed by atoms with Gasteiger partial charge in [-0.15, -0.1) is 0 Å². The van der Waals surface area contributed by atoms with Crippen molar-refractivity contribution in [3.8, 4) is 44.9 Å². The first-order chi connectivity index (χ1) is 21.0. The lowest BCUT2D eigenvalue weighted by Crippen LogP contribution is -2.34. The predicted octanol–water partition coefficient (Wildman–Crippen LogP) is 11.0. The summed E-state index contributed by atoms with van der Waals surface area (Å²) in [4.78, 5) is 0.